The van der Waals surface area contributed by atoms with Gasteiger partial charge in [-0.15, -0.1) is 0 Å². The number of hydrogen-bond donors (Lipinski definition) is 0. The molecule has 0 atom stereocenters. The number of nitrogens with zero attached hydrogens (tertiary/aromatic N) is 3. The van der Waals surface area contributed by atoms with Crippen molar-refractivity contribution in [3.05, 3.63) is 0 Å². The van der Waals surface area contributed by atoms with E-state index in [1.54, 1.807) is 4.90 Å². The fourth-order valence-corrected chi connectivity index (χ4v) is 2.48. The highest BCUT2D eigenvalue weighted by molar-refractivity contribution is 5.74. The normalized spacial score (nSPS) is 22.2. The number of carbonyl (C=O) groups is 2. The summed E-state index contributed by atoms with van der Waals surface area (Å²) in [5.74, 6) is 0. The van der Waals surface area contributed by atoms with Crippen LogP contribution in [-0.4, -0.2) is 66.4 Å². The lowest BCUT2D eigenvalue weighted by Gasteiger charge is -2.35. The number of likely N-dealkylation sites (tertiary alicyclic amines) is 1. The Morgan fingerprint density at radius 3 is 1.82 bits per heavy atom. The summed E-state index contributed by atoms with van der Waals surface area (Å²) in [6.07, 6.45) is 5.60. The molecule has 0 aromatic heterocycles. The molecule has 2 saturated heterocycles. The van der Waals surface area contributed by atoms with E-state index in [0.717, 1.165) is 32.3 Å². The van der Waals surface area contributed by atoms with Crippen molar-refractivity contribution >= 4 is 12.4 Å². The molecule has 5 nitrogen and oxygen atoms in total. The maximum atomic E-state index is 12.2. The van der Waals surface area contributed by atoms with Crippen LogP contribution in [0.4, 0.5) is 4.79 Å². The highest BCUT2D eigenvalue weighted by Gasteiger charge is 2.24. The van der Waals surface area contributed by atoms with Crippen molar-refractivity contribution < 1.29 is 9.59 Å². The maximum absolute atomic E-state index is 12.2. The molecule has 2 fully saturated rings. The van der Waals surface area contributed by atoms with Gasteiger partial charge in [-0.2, -0.15) is 0 Å². The lowest BCUT2D eigenvalue weighted by Crippen LogP contribution is -2.52. The Morgan fingerprint density at radius 2 is 1.29 bits per heavy atom. The van der Waals surface area contributed by atoms with Crippen LogP contribution in [-0.2, 0) is 4.79 Å². The van der Waals surface area contributed by atoms with E-state index in [2.05, 4.69) is 0 Å². The SMILES string of the molecule is O=CN1CCN(C(=O)N2CCCCCC2)CC1. The molecule has 2 rings (SSSR count). The highest BCUT2D eigenvalue weighted by Crippen LogP contribution is 2.12. The molecular formula is C12H21N3O2. The Labute approximate surface area is 102 Å². The van der Waals surface area contributed by atoms with Gasteiger partial charge in [0.1, 0.15) is 0 Å². The summed E-state index contributed by atoms with van der Waals surface area (Å²) in [5.41, 5.74) is 0. The third-order valence-electron chi connectivity index (χ3n) is 3.61. The topological polar surface area (TPSA) is 43.9 Å². The first-order valence-corrected chi connectivity index (χ1v) is 6.54. The molecule has 0 unspecified atom stereocenters. The largest absolute Gasteiger partial charge is 0.342 e. The predicted octanol–water partition coefficient (Wildman–Crippen LogP) is 0.756. The van der Waals surface area contributed by atoms with Crippen LogP contribution in [0.1, 0.15) is 25.7 Å². The van der Waals surface area contributed by atoms with E-state index >= 15 is 0 Å². The van der Waals surface area contributed by atoms with E-state index in [-0.39, 0.29) is 6.03 Å². The average molecular weight is 239 g/mol. The van der Waals surface area contributed by atoms with Crippen LogP contribution in [0, 0.1) is 0 Å². The van der Waals surface area contributed by atoms with Gasteiger partial charge in [0.15, 0.2) is 0 Å². The molecule has 0 aromatic rings. The second kappa shape index (κ2) is 5.89. The fraction of sp³-hybridized carbons (Fsp3) is 0.833. The van der Waals surface area contributed by atoms with Crippen molar-refractivity contribution in [2.24, 2.45) is 0 Å². The lowest BCUT2D eigenvalue weighted by molar-refractivity contribution is -0.119. The highest BCUT2D eigenvalue weighted by atomic mass is 16.2. The van der Waals surface area contributed by atoms with Gasteiger partial charge in [0.2, 0.25) is 6.41 Å². The number of carbonyl (C=O) groups excluding carboxylic acids is 2. The van der Waals surface area contributed by atoms with E-state index < -0.39 is 0 Å². The Kier molecular flexibility index (Phi) is 4.23. The van der Waals surface area contributed by atoms with E-state index in [4.69, 9.17) is 0 Å². The zero-order valence-electron chi connectivity index (χ0n) is 10.3. The molecule has 2 heterocycles. The lowest BCUT2D eigenvalue weighted by atomic mass is 10.2. The Bertz CT molecular complexity index is 267. The molecule has 0 spiro atoms. The van der Waals surface area contributed by atoms with Gasteiger partial charge in [0.05, 0.1) is 0 Å². The molecule has 0 radical (unpaired) electrons. The molecule has 2 aliphatic heterocycles. The Balaban J connectivity index is 1.84. The van der Waals surface area contributed by atoms with Crippen LogP contribution in [0.5, 0.6) is 0 Å². The van der Waals surface area contributed by atoms with E-state index in [1.165, 1.54) is 12.8 Å². The molecule has 17 heavy (non-hydrogen) atoms. The first-order chi connectivity index (χ1) is 8.31. The summed E-state index contributed by atoms with van der Waals surface area (Å²) in [4.78, 5) is 28.4. The zero-order valence-corrected chi connectivity index (χ0v) is 10.3. The van der Waals surface area contributed by atoms with Gasteiger partial charge in [-0.1, -0.05) is 12.8 Å². The fourth-order valence-electron chi connectivity index (χ4n) is 2.48. The molecule has 96 valence electrons. The number of amides is 3. The monoisotopic (exact) mass is 239 g/mol. The van der Waals surface area contributed by atoms with Gasteiger partial charge < -0.3 is 14.7 Å². The van der Waals surface area contributed by atoms with Crippen LogP contribution in [0.25, 0.3) is 0 Å². The minimum Gasteiger partial charge on any atom is -0.342 e. The third kappa shape index (κ3) is 3.11. The number of hydrogen-bond acceptors (Lipinski definition) is 2. The van der Waals surface area contributed by atoms with E-state index in [0.29, 0.717) is 26.2 Å². The number of rotatable bonds is 1. The van der Waals surface area contributed by atoms with Crippen molar-refractivity contribution in [2.45, 2.75) is 25.7 Å². The van der Waals surface area contributed by atoms with E-state index in [9.17, 15) is 9.59 Å². The van der Waals surface area contributed by atoms with Gasteiger partial charge in [0, 0.05) is 39.3 Å². The van der Waals surface area contributed by atoms with Crippen LogP contribution >= 0.6 is 0 Å². The van der Waals surface area contributed by atoms with E-state index in [1.807, 2.05) is 9.80 Å². The van der Waals surface area contributed by atoms with Crippen LogP contribution in [0.3, 0.4) is 0 Å². The third-order valence-corrected chi connectivity index (χ3v) is 3.61. The van der Waals surface area contributed by atoms with Crippen molar-refractivity contribution in [3.63, 3.8) is 0 Å². The zero-order chi connectivity index (χ0) is 12.1. The summed E-state index contributed by atoms with van der Waals surface area (Å²) >= 11 is 0. The maximum Gasteiger partial charge on any atom is 0.320 e. The quantitative estimate of drug-likeness (QED) is 0.634. The summed E-state index contributed by atoms with van der Waals surface area (Å²) in [5, 5.41) is 0. The predicted molar refractivity (Wildman–Crippen MR) is 64.6 cm³/mol. The molecule has 2 aliphatic rings. The molecular weight excluding hydrogens is 218 g/mol. The Hall–Kier alpha value is -1.26. The minimum atomic E-state index is 0.164. The molecule has 0 saturated carbocycles. The molecule has 0 bridgehead atoms. The van der Waals surface area contributed by atoms with Crippen molar-refractivity contribution in [1.82, 2.24) is 14.7 Å². The van der Waals surface area contributed by atoms with Crippen molar-refractivity contribution in [3.8, 4) is 0 Å². The molecule has 0 aromatic carbocycles. The summed E-state index contributed by atoms with van der Waals surface area (Å²) in [6.45, 7) is 4.48. The first kappa shape index (κ1) is 12.2. The summed E-state index contributed by atoms with van der Waals surface area (Å²) in [6, 6.07) is 0.164. The van der Waals surface area contributed by atoms with Gasteiger partial charge in [-0.3, -0.25) is 4.79 Å². The molecule has 0 aliphatic carbocycles. The number of urea groups is 1. The molecule has 0 N–H and O–H groups in total. The van der Waals surface area contributed by atoms with Gasteiger partial charge in [0.25, 0.3) is 0 Å². The van der Waals surface area contributed by atoms with Crippen LogP contribution < -0.4 is 0 Å². The standard InChI is InChI=1S/C12H21N3O2/c16-11-13-7-9-15(10-8-13)12(17)14-5-3-1-2-4-6-14/h11H,1-10H2. The summed E-state index contributed by atoms with van der Waals surface area (Å²) in [7, 11) is 0. The average Bonchev–Trinajstić information content (AvgIpc) is 2.67. The van der Waals surface area contributed by atoms with Crippen LogP contribution in [0.15, 0.2) is 0 Å². The summed E-state index contributed by atoms with van der Waals surface area (Å²) < 4.78 is 0. The number of piperazine rings is 1. The van der Waals surface area contributed by atoms with Crippen LogP contribution in [0.2, 0.25) is 0 Å². The smallest absolute Gasteiger partial charge is 0.320 e. The molecule has 3 amide bonds. The second-order valence-electron chi connectivity index (χ2n) is 4.81. The van der Waals surface area contributed by atoms with Gasteiger partial charge in [-0.25, -0.2) is 4.79 Å². The van der Waals surface area contributed by atoms with Gasteiger partial charge in [-0.05, 0) is 12.8 Å². The molecule has 5 heteroatoms. The van der Waals surface area contributed by atoms with Crippen molar-refractivity contribution in [2.75, 3.05) is 39.3 Å². The van der Waals surface area contributed by atoms with Crippen molar-refractivity contribution in [1.29, 1.82) is 0 Å². The van der Waals surface area contributed by atoms with Gasteiger partial charge >= 0.3 is 6.03 Å². The Morgan fingerprint density at radius 1 is 0.765 bits per heavy atom. The second-order valence-corrected chi connectivity index (χ2v) is 4.81. The minimum absolute atomic E-state index is 0.164. The first-order valence-electron chi connectivity index (χ1n) is 6.54.